The molecule has 3 rings (SSSR count). The molecule has 1 aliphatic heterocycles. The van der Waals surface area contributed by atoms with Gasteiger partial charge in [0.25, 0.3) is 0 Å². The van der Waals surface area contributed by atoms with Crippen molar-refractivity contribution in [3.63, 3.8) is 0 Å². The molecule has 0 aromatic rings. The van der Waals surface area contributed by atoms with Crippen LogP contribution >= 0.6 is 0 Å². The van der Waals surface area contributed by atoms with Crippen LogP contribution in [0.2, 0.25) is 0 Å². The van der Waals surface area contributed by atoms with Gasteiger partial charge in [0, 0.05) is 24.2 Å². The van der Waals surface area contributed by atoms with E-state index in [1.54, 1.807) is 0 Å². The fraction of sp³-hybridized carbons (Fsp3) is 1.00. The Morgan fingerprint density at radius 3 is 2.69 bits per heavy atom. The second-order valence-corrected chi connectivity index (χ2v) is 6.55. The van der Waals surface area contributed by atoms with E-state index in [0.29, 0.717) is 5.54 Å². The Kier molecular flexibility index (Phi) is 2.97. The molecule has 92 valence electrons. The third-order valence-electron chi connectivity index (χ3n) is 5.18. The van der Waals surface area contributed by atoms with E-state index in [4.69, 9.17) is 0 Å². The first kappa shape index (κ1) is 11.0. The zero-order valence-electron chi connectivity index (χ0n) is 10.6. The van der Waals surface area contributed by atoms with Gasteiger partial charge in [-0.15, -0.1) is 0 Å². The zero-order valence-corrected chi connectivity index (χ0v) is 10.6. The molecule has 1 heterocycles. The maximum Gasteiger partial charge on any atom is 0.0198 e. The Hall–Kier alpha value is -0.0800. The summed E-state index contributed by atoms with van der Waals surface area (Å²) in [6, 6.07) is 1.61. The quantitative estimate of drug-likeness (QED) is 0.766. The fourth-order valence-corrected chi connectivity index (χ4v) is 3.84. The minimum absolute atomic E-state index is 0.482. The Morgan fingerprint density at radius 1 is 1.19 bits per heavy atom. The van der Waals surface area contributed by atoms with Crippen molar-refractivity contribution >= 4 is 0 Å². The van der Waals surface area contributed by atoms with Gasteiger partial charge in [0.2, 0.25) is 0 Å². The van der Waals surface area contributed by atoms with Crippen LogP contribution in [0.5, 0.6) is 0 Å². The summed E-state index contributed by atoms with van der Waals surface area (Å²) in [4.78, 5) is 0. The smallest absolute Gasteiger partial charge is 0.0198 e. The van der Waals surface area contributed by atoms with Crippen molar-refractivity contribution in [2.75, 3.05) is 6.54 Å². The van der Waals surface area contributed by atoms with Crippen LogP contribution in [-0.4, -0.2) is 24.2 Å². The second kappa shape index (κ2) is 4.30. The maximum atomic E-state index is 3.85. The number of fused-ring (bicyclic) bond motifs is 1. The number of hydrogen-bond donors (Lipinski definition) is 2. The molecule has 0 aromatic carbocycles. The molecule has 2 N–H and O–H groups in total. The lowest BCUT2D eigenvalue weighted by Crippen LogP contribution is -2.52. The lowest BCUT2D eigenvalue weighted by atomic mass is 9.78. The van der Waals surface area contributed by atoms with E-state index in [9.17, 15) is 0 Å². The van der Waals surface area contributed by atoms with E-state index in [1.165, 1.54) is 57.9 Å². The largest absolute Gasteiger partial charge is 0.310 e. The van der Waals surface area contributed by atoms with Crippen LogP contribution in [-0.2, 0) is 0 Å². The summed E-state index contributed by atoms with van der Waals surface area (Å²) in [6.07, 6.45) is 11.4. The molecule has 0 amide bonds. The molecule has 2 nitrogen and oxygen atoms in total. The molecule has 1 saturated heterocycles. The summed E-state index contributed by atoms with van der Waals surface area (Å²) in [7, 11) is 0. The molecule has 16 heavy (non-hydrogen) atoms. The first-order chi connectivity index (χ1) is 7.75. The zero-order chi connectivity index (χ0) is 11.0. The summed E-state index contributed by atoms with van der Waals surface area (Å²) in [5, 5.41) is 7.64. The molecule has 3 aliphatic rings. The van der Waals surface area contributed by atoms with E-state index in [0.717, 1.165) is 18.0 Å². The van der Waals surface area contributed by atoms with E-state index in [1.807, 2.05) is 0 Å². The monoisotopic (exact) mass is 222 g/mol. The van der Waals surface area contributed by atoms with Crippen molar-refractivity contribution in [1.29, 1.82) is 0 Å². The molecule has 2 heteroatoms. The molecule has 2 saturated carbocycles. The first-order valence-corrected chi connectivity index (χ1v) is 7.26. The summed E-state index contributed by atoms with van der Waals surface area (Å²) >= 11 is 0. The summed E-state index contributed by atoms with van der Waals surface area (Å²) in [6.45, 7) is 3.59. The Bertz CT molecular complexity index is 233. The van der Waals surface area contributed by atoms with Crippen LogP contribution in [0.25, 0.3) is 0 Å². The molecule has 0 aromatic heterocycles. The third kappa shape index (κ3) is 2.14. The minimum Gasteiger partial charge on any atom is -0.310 e. The molecule has 3 atom stereocenters. The van der Waals surface area contributed by atoms with Crippen molar-refractivity contribution in [2.24, 2.45) is 5.92 Å². The predicted molar refractivity (Wildman–Crippen MR) is 67.5 cm³/mol. The average Bonchev–Trinajstić information content (AvgIpc) is 2.66. The van der Waals surface area contributed by atoms with Crippen LogP contribution in [0.3, 0.4) is 0 Å². The van der Waals surface area contributed by atoms with Crippen molar-refractivity contribution in [3.8, 4) is 0 Å². The molecule has 3 unspecified atom stereocenters. The molecule has 3 fully saturated rings. The standard InChI is InChI=1S/C14H26N2/c1-14(7-4-8-14)15-10-12-9-11-5-2-3-6-13(11)16-12/h11-13,15-16H,2-10H2,1H3. The highest BCUT2D eigenvalue weighted by atomic mass is 15.1. The van der Waals surface area contributed by atoms with Crippen molar-refractivity contribution in [2.45, 2.75) is 75.9 Å². The van der Waals surface area contributed by atoms with Crippen LogP contribution in [0.15, 0.2) is 0 Å². The van der Waals surface area contributed by atoms with Crippen LogP contribution in [0.1, 0.15) is 58.3 Å². The van der Waals surface area contributed by atoms with E-state index >= 15 is 0 Å². The number of nitrogens with one attached hydrogen (secondary N) is 2. The molecule has 0 radical (unpaired) electrons. The maximum absolute atomic E-state index is 3.85. The van der Waals surface area contributed by atoms with E-state index < -0.39 is 0 Å². The number of rotatable bonds is 3. The van der Waals surface area contributed by atoms with Gasteiger partial charge in [-0.2, -0.15) is 0 Å². The first-order valence-electron chi connectivity index (χ1n) is 7.26. The van der Waals surface area contributed by atoms with Gasteiger partial charge >= 0.3 is 0 Å². The van der Waals surface area contributed by atoms with Gasteiger partial charge in [0.1, 0.15) is 0 Å². The summed E-state index contributed by atoms with van der Waals surface area (Å²) in [5.41, 5.74) is 0.482. The van der Waals surface area contributed by atoms with Gasteiger partial charge in [0.15, 0.2) is 0 Å². The average molecular weight is 222 g/mol. The van der Waals surface area contributed by atoms with Crippen LogP contribution < -0.4 is 10.6 Å². The second-order valence-electron chi connectivity index (χ2n) is 6.55. The van der Waals surface area contributed by atoms with Gasteiger partial charge in [-0.1, -0.05) is 12.8 Å². The molecular weight excluding hydrogens is 196 g/mol. The Labute approximate surface area is 99.6 Å². The Balaban J connectivity index is 1.46. The summed E-state index contributed by atoms with van der Waals surface area (Å²) in [5.74, 6) is 0.995. The highest BCUT2D eigenvalue weighted by molar-refractivity contribution is 4.97. The van der Waals surface area contributed by atoms with Crippen molar-refractivity contribution < 1.29 is 0 Å². The molecule has 2 aliphatic carbocycles. The van der Waals surface area contributed by atoms with Gasteiger partial charge in [-0.05, 0) is 51.4 Å². The van der Waals surface area contributed by atoms with Gasteiger partial charge in [-0.3, -0.25) is 0 Å². The third-order valence-corrected chi connectivity index (χ3v) is 5.18. The Morgan fingerprint density at radius 2 is 2.00 bits per heavy atom. The summed E-state index contributed by atoms with van der Waals surface area (Å²) < 4.78 is 0. The van der Waals surface area contributed by atoms with E-state index in [2.05, 4.69) is 17.6 Å². The fourth-order valence-electron chi connectivity index (χ4n) is 3.84. The predicted octanol–water partition coefficient (Wildman–Crippen LogP) is 2.44. The lowest BCUT2D eigenvalue weighted by Gasteiger charge is -2.40. The van der Waals surface area contributed by atoms with Crippen molar-refractivity contribution in [1.82, 2.24) is 10.6 Å². The van der Waals surface area contributed by atoms with Gasteiger partial charge in [0.05, 0.1) is 0 Å². The van der Waals surface area contributed by atoms with Gasteiger partial charge in [-0.25, -0.2) is 0 Å². The highest BCUT2D eigenvalue weighted by Gasteiger charge is 2.37. The topological polar surface area (TPSA) is 24.1 Å². The highest BCUT2D eigenvalue weighted by Crippen LogP contribution is 2.34. The SMILES string of the molecule is CC1(NCC2CC3CCCCC3N2)CCC1. The molecule has 0 spiro atoms. The van der Waals surface area contributed by atoms with Gasteiger partial charge < -0.3 is 10.6 Å². The normalized spacial score (nSPS) is 41.4. The molecule has 0 bridgehead atoms. The number of hydrogen-bond acceptors (Lipinski definition) is 2. The molecular formula is C14H26N2. The van der Waals surface area contributed by atoms with Crippen molar-refractivity contribution in [3.05, 3.63) is 0 Å². The minimum atomic E-state index is 0.482. The van der Waals surface area contributed by atoms with Crippen LogP contribution in [0, 0.1) is 5.92 Å². The van der Waals surface area contributed by atoms with E-state index in [-0.39, 0.29) is 0 Å². The van der Waals surface area contributed by atoms with Crippen LogP contribution in [0.4, 0.5) is 0 Å². The lowest BCUT2D eigenvalue weighted by molar-refractivity contribution is 0.202.